The predicted octanol–water partition coefficient (Wildman–Crippen LogP) is 14.3. The Kier molecular flexibility index (Phi) is 12.0. The molecule has 3 heterocycles. The van der Waals surface area contributed by atoms with Crippen LogP contribution in [0.5, 0.6) is 11.5 Å². The molecular formula is C61H64Ge3N4O. The van der Waals surface area contributed by atoms with Crippen LogP contribution < -0.4 is 22.5 Å². The first-order valence-electron chi connectivity index (χ1n) is 24.4. The standard InChI is InChI=1S/C61H64Ge3N4O/c1-61(2,3)44-33-34-65-59(37-44)68-55-32-29-47(64(10,11)12)38-54(55)53-31-30-50(40-58(53)68)69-49-24-17-23-48(39-49)66-41-67(57-28-14-13-27-56(57)66)60-51(42-19-15-21-45(35-42)62(4,5)6)25-18-26-52(60)43-20-16-22-46(36-43)63(7,8)9/h13-40H,1-12H3. The van der Waals surface area contributed by atoms with E-state index in [0.29, 0.717) is 0 Å². The fourth-order valence-electron chi connectivity index (χ4n) is 9.58. The van der Waals surface area contributed by atoms with Crippen molar-refractivity contribution in [1.82, 2.24) is 14.1 Å². The van der Waals surface area contributed by atoms with Crippen molar-refractivity contribution in [3.8, 4) is 50.9 Å². The fraction of sp³-hybridized carbons (Fsp3) is 0.213. The molecule has 0 spiro atoms. The second-order valence-corrected chi connectivity index (χ2v) is 54.8. The van der Waals surface area contributed by atoms with Gasteiger partial charge < -0.3 is 0 Å². The van der Waals surface area contributed by atoms with Gasteiger partial charge in [0.1, 0.15) is 0 Å². The van der Waals surface area contributed by atoms with E-state index < -0.39 is 39.8 Å². The summed E-state index contributed by atoms with van der Waals surface area (Å²) in [6.45, 7) is 6.77. The van der Waals surface area contributed by atoms with Crippen LogP contribution in [0.1, 0.15) is 26.3 Å². The summed E-state index contributed by atoms with van der Waals surface area (Å²) in [5.41, 5.74) is 12.5. The number of fused-ring (bicyclic) bond motifs is 4. The molecule has 0 aliphatic heterocycles. The number of aromatic nitrogens is 4. The Morgan fingerprint density at radius 2 is 1.12 bits per heavy atom. The van der Waals surface area contributed by atoms with Crippen molar-refractivity contribution >= 4 is 85.8 Å². The molecule has 0 aliphatic carbocycles. The maximum absolute atomic E-state index is 6.88. The maximum atomic E-state index is 6.88. The van der Waals surface area contributed by atoms with Crippen LogP contribution >= 0.6 is 0 Å². The van der Waals surface area contributed by atoms with Gasteiger partial charge >= 0.3 is 420 Å². The van der Waals surface area contributed by atoms with Crippen LogP contribution in [0.2, 0.25) is 51.8 Å². The molecular weight excluding hydrogens is 1020 g/mol. The molecule has 0 aliphatic rings. The van der Waals surface area contributed by atoms with Crippen LogP contribution in [0.15, 0.2) is 170 Å². The van der Waals surface area contributed by atoms with E-state index in [4.69, 9.17) is 9.72 Å². The molecule has 3 aromatic heterocycles. The van der Waals surface area contributed by atoms with Crippen LogP contribution in [0.4, 0.5) is 0 Å². The summed E-state index contributed by atoms with van der Waals surface area (Å²) in [7, 11) is 0. The second-order valence-electron chi connectivity index (χ2n) is 22.9. The van der Waals surface area contributed by atoms with Gasteiger partial charge in [0.15, 0.2) is 0 Å². The summed E-state index contributed by atoms with van der Waals surface area (Å²) in [4.78, 5) is 4.98. The molecule has 10 rings (SSSR count). The Morgan fingerprint density at radius 1 is 0.507 bits per heavy atom. The Hall–Kier alpha value is -5.61. The van der Waals surface area contributed by atoms with Crippen LogP contribution in [-0.2, 0) is 5.41 Å². The SMILES string of the molecule is CC(C)(C)c1ccnc(-n2c3cc[c]([Ge]([CH3])([CH3])[CH3])cc3c3ccc(Oc4cccc(-n5[c-][n+](-c6c(-c7ccc[c]([Ge]([CH3])([CH3])[CH3])c7)cccc6-c6ccc[c]([Ge]([CH3])([CH3])[CH3])c6)c6ccccc65)c4)cc32)c1. The summed E-state index contributed by atoms with van der Waals surface area (Å²) in [6.07, 6.45) is 5.86. The molecule has 0 unspecified atom stereocenters. The van der Waals surface area contributed by atoms with Crippen molar-refractivity contribution in [2.24, 2.45) is 0 Å². The third-order valence-corrected chi connectivity index (χ3v) is 26.5. The Labute approximate surface area is 416 Å². The molecule has 69 heavy (non-hydrogen) atoms. The topological polar surface area (TPSA) is 35.9 Å². The van der Waals surface area contributed by atoms with Gasteiger partial charge in [-0.05, 0) is 0 Å². The van der Waals surface area contributed by atoms with E-state index in [0.717, 1.165) is 50.8 Å². The Morgan fingerprint density at radius 3 is 1.77 bits per heavy atom. The van der Waals surface area contributed by atoms with Crippen molar-refractivity contribution in [1.29, 1.82) is 0 Å². The van der Waals surface area contributed by atoms with E-state index in [-0.39, 0.29) is 5.41 Å². The summed E-state index contributed by atoms with van der Waals surface area (Å²) in [5, 5.41) is 2.45. The molecule has 5 nitrogen and oxygen atoms in total. The number of benzene rings is 7. The van der Waals surface area contributed by atoms with Gasteiger partial charge in [-0.25, -0.2) is 0 Å². The summed E-state index contributed by atoms with van der Waals surface area (Å²) in [5.74, 6) is 24.6. The molecule has 0 saturated carbocycles. The molecule has 7 aromatic carbocycles. The molecule has 0 N–H and O–H groups in total. The van der Waals surface area contributed by atoms with E-state index >= 15 is 0 Å². The van der Waals surface area contributed by atoms with Crippen molar-refractivity contribution in [3.05, 3.63) is 182 Å². The number of pyridine rings is 1. The van der Waals surface area contributed by atoms with Crippen molar-refractivity contribution in [2.75, 3.05) is 0 Å². The minimum atomic E-state index is -2.16. The summed E-state index contributed by atoms with van der Waals surface area (Å²) in [6, 6.07) is 60.5. The molecule has 0 atom stereocenters. The predicted molar refractivity (Wildman–Crippen MR) is 301 cm³/mol. The van der Waals surface area contributed by atoms with Crippen molar-refractivity contribution in [2.45, 2.75) is 78.0 Å². The zero-order valence-corrected chi connectivity index (χ0v) is 48.7. The molecule has 346 valence electrons. The number of imidazole rings is 1. The number of nitrogens with zero attached hydrogens (tertiary/aromatic N) is 4. The Bertz CT molecular complexity index is 3520. The molecule has 0 fully saturated rings. The average molecular weight is 1090 g/mol. The van der Waals surface area contributed by atoms with Gasteiger partial charge in [-0.1, -0.05) is 0 Å². The van der Waals surface area contributed by atoms with E-state index in [1.807, 2.05) is 12.3 Å². The number of hydrogen-bond acceptors (Lipinski definition) is 2. The molecule has 10 aromatic rings. The number of hydrogen-bond donors (Lipinski definition) is 0. The first-order chi connectivity index (χ1) is 32.7. The van der Waals surface area contributed by atoms with Crippen LogP contribution in [0.3, 0.4) is 0 Å². The van der Waals surface area contributed by atoms with E-state index in [1.54, 1.807) is 0 Å². The van der Waals surface area contributed by atoms with Gasteiger partial charge in [0.25, 0.3) is 0 Å². The minimum absolute atomic E-state index is 0.0182. The fourth-order valence-corrected chi connectivity index (χ4v) is 17.0. The first-order valence-corrected chi connectivity index (χ1v) is 46.4. The third kappa shape index (κ3) is 9.18. The summed E-state index contributed by atoms with van der Waals surface area (Å²) < 4.78 is 18.1. The molecule has 8 heteroatoms. The van der Waals surface area contributed by atoms with Crippen LogP contribution in [0.25, 0.3) is 72.3 Å². The second kappa shape index (κ2) is 17.7. The van der Waals surface area contributed by atoms with E-state index in [9.17, 15) is 0 Å². The molecule has 0 radical (unpaired) electrons. The molecule has 0 amide bonds. The molecule has 0 saturated heterocycles. The van der Waals surface area contributed by atoms with Crippen LogP contribution in [-0.4, -0.2) is 53.9 Å². The summed E-state index contributed by atoms with van der Waals surface area (Å²) >= 11 is -6.46. The quantitative estimate of drug-likeness (QED) is 0.0777. The number of para-hydroxylation sites is 3. The van der Waals surface area contributed by atoms with Gasteiger partial charge in [0.2, 0.25) is 0 Å². The zero-order valence-electron chi connectivity index (χ0n) is 42.4. The van der Waals surface area contributed by atoms with E-state index in [1.165, 1.54) is 51.8 Å². The zero-order chi connectivity index (χ0) is 48.6. The van der Waals surface area contributed by atoms with Crippen molar-refractivity contribution in [3.63, 3.8) is 0 Å². The average Bonchev–Trinajstić information content (AvgIpc) is 3.86. The van der Waals surface area contributed by atoms with Gasteiger partial charge in [-0.2, -0.15) is 0 Å². The van der Waals surface area contributed by atoms with Crippen LogP contribution in [0, 0.1) is 6.33 Å². The van der Waals surface area contributed by atoms with Gasteiger partial charge in [0, 0.05) is 0 Å². The normalized spacial score (nSPS) is 12.6. The van der Waals surface area contributed by atoms with E-state index in [2.05, 4.69) is 250 Å². The van der Waals surface area contributed by atoms with Gasteiger partial charge in [-0.3, -0.25) is 0 Å². The van der Waals surface area contributed by atoms with Gasteiger partial charge in [0.05, 0.1) is 0 Å². The first kappa shape index (κ1) is 47.1. The number of rotatable bonds is 10. The van der Waals surface area contributed by atoms with Crippen molar-refractivity contribution < 1.29 is 9.30 Å². The Balaban J connectivity index is 1.11. The van der Waals surface area contributed by atoms with Gasteiger partial charge in [-0.15, -0.1) is 0 Å². The monoisotopic (exact) mass is 1090 g/mol. The number of ether oxygens (including phenoxy) is 1. The third-order valence-electron chi connectivity index (χ3n) is 13.7. The molecule has 0 bridgehead atoms.